The van der Waals surface area contributed by atoms with Gasteiger partial charge in [0.25, 0.3) is 5.91 Å². The first-order chi connectivity index (χ1) is 11.3. The molecule has 2 aromatic carbocycles. The third-order valence-corrected chi connectivity index (χ3v) is 4.30. The van der Waals surface area contributed by atoms with E-state index in [0.717, 1.165) is 29.8 Å². The fourth-order valence-corrected chi connectivity index (χ4v) is 3.13. The molecule has 0 fully saturated rings. The van der Waals surface area contributed by atoms with Gasteiger partial charge in [-0.1, -0.05) is 36.4 Å². The molecule has 114 valence electrons. The summed E-state index contributed by atoms with van der Waals surface area (Å²) in [7, 11) is 0. The van der Waals surface area contributed by atoms with Crippen LogP contribution in [0.15, 0.2) is 54.7 Å². The number of benzene rings is 2. The standard InChI is InChI=1S/C19H17N3O/c23-19(21-16-10-9-13-7-4-8-15(13)11-16)17-12-20-22-18(17)14-5-2-1-3-6-14/h1-3,5-6,9-12H,4,7-8H2,(H,20,22)(H,21,23). The molecule has 2 N–H and O–H groups in total. The Bertz CT molecular complexity index is 852. The zero-order chi connectivity index (χ0) is 15.6. The van der Waals surface area contributed by atoms with Crippen LogP contribution >= 0.6 is 0 Å². The Morgan fingerprint density at radius 3 is 2.74 bits per heavy atom. The summed E-state index contributed by atoms with van der Waals surface area (Å²) in [6, 6.07) is 15.9. The summed E-state index contributed by atoms with van der Waals surface area (Å²) in [5.74, 6) is -0.143. The average molecular weight is 303 g/mol. The van der Waals surface area contributed by atoms with Crippen LogP contribution in [0.2, 0.25) is 0 Å². The summed E-state index contributed by atoms with van der Waals surface area (Å²) in [4.78, 5) is 12.6. The second-order valence-electron chi connectivity index (χ2n) is 5.82. The molecule has 0 saturated heterocycles. The van der Waals surface area contributed by atoms with Crippen LogP contribution in [0.1, 0.15) is 27.9 Å². The van der Waals surface area contributed by atoms with Crippen molar-refractivity contribution in [1.29, 1.82) is 0 Å². The number of aryl methyl sites for hydroxylation is 2. The molecule has 23 heavy (non-hydrogen) atoms. The van der Waals surface area contributed by atoms with Crippen LogP contribution in [-0.4, -0.2) is 16.1 Å². The van der Waals surface area contributed by atoms with E-state index in [4.69, 9.17) is 0 Å². The first-order valence-corrected chi connectivity index (χ1v) is 7.83. The molecule has 1 amide bonds. The number of nitrogens with zero attached hydrogens (tertiary/aromatic N) is 1. The molecule has 0 radical (unpaired) electrons. The Hall–Kier alpha value is -2.88. The van der Waals surface area contributed by atoms with Crippen LogP contribution in [0.3, 0.4) is 0 Å². The summed E-state index contributed by atoms with van der Waals surface area (Å²) in [6.45, 7) is 0. The summed E-state index contributed by atoms with van der Waals surface area (Å²) >= 11 is 0. The van der Waals surface area contributed by atoms with Crippen molar-refractivity contribution in [1.82, 2.24) is 10.2 Å². The van der Waals surface area contributed by atoms with Crippen molar-refractivity contribution < 1.29 is 4.79 Å². The van der Waals surface area contributed by atoms with Crippen molar-refractivity contribution in [3.63, 3.8) is 0 Å². The Morgan fingerprint density at radius 2 is 1.87 bits per heavy atom. The molecule has 0 atom stereocenters. The summed E-state index contributed by atoms with van der Waals surface area (Å²) in [6.07, 6.45) is 5.01. The molecular formula is C19H17N3O. The molecular weight excluding hydrogens is 286 g/mol. The molecule has 1 aromatic heterocycles. The van der Waals surface area contributed by atoms with Gasteiger partial charge in [0, 0.05) is 11.3 Å². The van der Waals surface area contributed by atoms with E-state index in [2.05, 4.69) is 27.6 Å². The molecule has 1 heterocycles. The highest BCUT2D eigenvalue weighted by molar-refractivity contribution is 6.08. The van der Waals surface area contributed by atoms with E-state index < -0.39 is 0 Å². The molecule has 0 unspecified atom stereocenters. The minimum Gasteiger partial charge on any atom is -0.322 e. The number of aromatic nitrogens is 2. The van der Waals surface area contributed by atoms with Gasteiger partial charge in [0.1, 0.15) is 0 Å². The number of anilines is 1. The lowest BCUT2D eigenvalue weighted by Gasteiger charge is -2.08. The number of H-pyrrole nitrogens is 1. The van der Waals surface area contributed by atoms with Gasteiger partial charge >= 0.3 is 0 Å². The van der Waals surface area contributed by atoms with Gasteiger partial charge in [-0.2, -0.15) is 5.10 Å². The van der Waals surface area contributed by atoms with Gasteiger partial charge in [0.2, 0.25) is 0 Å². The third kappa shape index (κ3) is 2.63. The van der Waals surface area contributed by atoms with Crippen LogP contribution in [-0.2, 0) is 12.8 Å². The first kappa shape index (κ1) is 13.8. The molecule has 4 heteroatoms. The van der Waals surface area contributed by atoms with Crippen molar-refractivity contribution in [3.05, 3.63) is 71.4 Å². The van der Waals surface area contributed by atoms with Crippen molar-refractivity contribution in [2.75, 3.05) is 5.32 Å². The molecule has 0 bridgehead atoms. The van der Waals surface area contributed by atoms with Crippen LogP contribution in [0.5, 0.6) is 0 Å². The fraction of sp³-hybridized carbons (Fsp3) is 0.158. The molecule has 4 nitrogen and oxygen atoms in total. The van der Waals surface area contributed by atoms with Gasteiger partial charge in [-0.05, 0) is 42.5 Å². The van der Waals surface area contributed by atoms with E-state index >= 15 is 0 Å². The van der Waals surface area contributed by atoms with E-state index in [9.17, 15) is 4.79 Å². The summed E-state index contributed by atoms with van der Waals surface area (Å²) < 4.78 is 0. The Balaban J connectivity index is 1.60. The number of hydrogen-bond acceptors (Lipinski definition) is 2. The van der Waals surface area contributed by atoms with E-state index in [-0.39, 0.29) is 5.91 Å². The highest BCUT2D eigenvalue weighted by Gasteiger charge is 2.16. The lowest BCUT2D eigenvalue weighted by molar-refractivity contribution is 0.102. The van der Waals surface area contributed by atoms with E-state index in [1.807, 2.05) is 36.4 Å². The summed E-state index contributed by atoms with van der Waals surface area (Å²) in [5, 5.41) is 9.94. The zero-order valence-electron chi connectivity index (χ0n) is 12.7. The monoisotopic (exact) mass is 303 g/mol. The summed E-state index contributed by atoms with van der Waals surface area (Å²) in [5.41, 5.74) is 5.83. The minimum absolute atomic E-state index is 0.143. The van der Waals surface area contributed by atoms with Crippen molar-refractivity contribution in [3.8, 4) is 11.3 Å². The SMILES string of the molecule is O=C(Nc1ccc2c(c1)CCC2)c1cn[nH]c1-c1ccccc1. The van der Waals surface area contributed by atoms with E-state index in [1.54, 1.807) is 6.20 Å². The van der Waals surface area contributed by atoms with E-state index in [1.165, 1.54) is 17.5 Å². The third-order valence-electron chi connectivity index (χ3n) is 4.30. The number of hydrogen-bond donors (Lipinski definition) is 2. The Morgan fingerprint density at radius 1 is 1.04 bits per heavy atom. The van der Waals surface area contributed by atoms with Gasteiger partial charge < -0.3 is 5.32 Å². The number of amides is 1. The molecule has 4 rings (SSSR count). The van der Waals surface area contributed by atoms with Gasteiger partial charge in [-0.25, -0.2) is 0 Å². The normalized spacial score (nSPS) is 12.9. The van der Waals surface area contributed by atoms with E-state index in [0.29, 0.717) is 5.56 Å². The molecule has 0 spiro atoms. The van der Waals surface area contributed by atoms with Crippen LogP contribution in [0, 0.1) is 0 Å². The van der Waals surface area contributed by atoms with Gasteiger partial charge in [-0.3, -0.25) is 9.89 Å². The maximum absolute atomic E-state index is 12.6. The molecule has 1 aliphatic carbocycles. The molecule has 1 aliphatic rings. The predicted molar refractivity (Wildman–Crippen MR) is 90.4 cm³/mol. The van der Waals surface area contributed by atoms with Crippen molar-refractivity contribution >= 4 is 11.6 Å². The van der Waals surface area contributed by atoms with Crippen LogP contribution < -0.4 is 5.32 Å². The number of fused-ring (bicyclic) bond motifs is 1. The lowest BCUT2D eigenvalue weighted by Crippen LogP contribution is -2.12. The highest BCUT2D eigenvalue weighted by atomic mass is 16.1. The zero-order valence-corrected chi connectivity index (χ0v) is 12.7. The number of rotatable bonds is 3. The maximum atomic E-state index is 12.6. The van der Waals surface area contributed by atoms with Crippen molar-refractivity contribution in [2.45, 2.75) is 19.3 Å². The average Bonchev–Trinajstić information content (AvgIpc) is 3.24. The van der Waals surface area contributed by atoms with Gasteiger partial charge in [0.05, 0.1) is 17.5 Å². The Kier molecular flexibility index (Phi) is 3.42. The Labute approximate surface area is 134 Å². The molecule has 3 aromatic rings. The number of nitrogens with one attached hydrogen (secondary N) is 2. The number of aromatic amines is 1. The number of carbonyl (C=O) groups excluding carboxylic acids is 1. The second-order valence-corrected chi connectivity index (χ2v) is 5.82. The topological polar surface area (TPSA) is 57.8 Å². The maximum Gasteiger partial charge on any atom is 0.259 e. The largest absolute Gasteiger partial charge is 0.322 e. The minimum atomic E-state index is -0.143. The van der Waals surface area contributed by atoms with Gasteiger partial charge in [0.15, 0.2) is 0 Å². The molecule has 0 saturated carbocycles. The smallest absolute Gasteiger partial charge is 0.259 e. The second kappa shape index (κ2) is 5.72. The van der Waals surface area contributed by atoms with Gasteiger partial charge in [-0.15, -0.1) is 0 Å². The lowest BCUT2D eigenvalue weighted by atomic mass is 10.1. The first-order valence-electron chi connectivity index (χ1n) is 7.83. The van der Waals surface area contributed by atoms with Crippen LogP contribution in [0.25, 0.3) is 11.3 Å². The van der Waals surface area contributed by atoms with Crippen molar-refractivity contribution in [2.24, 2.45) is 0 Å². The fourth-order valence-electron chi connectivity index (χ4n) is 3.13. The number of carbonyl (C=O) groups is 1. The van der Waals surface area contributed by atoms with Crippen LogP contribution in [0.4, 0.5) is 5.69 Å². The predicted octanol–water partition coefficient (Wildman–Crippen LogP) is 3.82. The molecule has 0 aliphatic heterocycles. The highest BCUT2D eigenvalue weighted by Crippen LogP contribution is 2.26. The quantitative estimate of drug-likeness (QED) is 0.773.